The van der Waals surface area contributed by atoms with Gasteiger partial charge in [-0.2, -0.15) is 9.61 Å². The number of amides is 1. The third-order valence-electron chi connectivity index (χ3n) is 6.73. The van der Waals surface area contributed by atoms with Crippen LogP contribution in [-0.4, -0.2) is 63.9 Å². The van der Waals surface area contributed by atoms with Crippen LogP contribution in [0.15, 0.2) is 35.4 Å². The topological polar surface area (TPSA) is 131 Å². The van der Waals surface area contributed by atoms with E-state index in [4.69, 9.17) is 10.7 Å². The molecular weight excluding hydrogens is 449 g/mol. The molecule has 1 amide bonds. The number of hydrogen-bond donors (Lipinski definition) is 2. The lowest BCUT2D eigenvalue weighted by atomic mass is 9.87. The second-order valence-electron chi connectivity index (χ2n) is 8.80. The number of piperidine rings is 1. The summed E-state index contributed by atoms with van der Waals surface area (Å²) in [7, 11) is -3.73. The SMILES string of the molecule is CS(=O)(=O)c1c(C2C[C@H]3CC[C@@H](C2)N3C(=O)CO)nc2c(-c3ccc(F)cc3)cnn2c1N. The fraction of sp³-hybridized carbons (Fsp3) is 0.409. The number of fused-ring (bicyclic) bond motifs is 3. The van der Waals surface area contributed by atoms with Crippen LogP contribution in [0.3, 0.4) is 0 Å². The van der Waals surface area contributed by atoms with Gasteiger partial charge in [-0.05, 0) is 43.4 Å². The molecule has 11 heteroatoms. The highest BCUT2D eigenvalue weighted by Crippen LogP contribution is 2.45. The summed E-state index contributed by atoms with van der Waals surface area (Å²) in [5, 5.41) is 13.6. The molecule has 1 unspecified atom stereocenters. The Balaban J connectivity index is 1.66. The van der Waals surface area contributed by atoms with Crippen LogP contribution >= 0.6 is 0 Å². The number of carbonyl (C=O) groups is 1. The zero-order valence-corrected chi connectivity index (χ0v) is 18.8. The molecule has 4 heterocycles. The minimum Gasteiger partial charge on any atom is -0.387 e. The highest BCUT2D eigenvalue weighted by molar-refractivity contribution is 7.91. The van der Waals surface area contributed by atoms with Gasteiger partial charge in [-0.3, -0.25) is 4.79 Å². The number of aliphatic hydroxyl groups is 1. The van der Waals surface area contributed by atoms with Crippen LogP contribution in [0.5, 0.6) is 0 Å². The lowest BCUT2D eigenvalue weighted by Gasteiger charge is -2.39. The number of nitrogens with zero attached hydrogens (tertiary/aromatic N) is 4. The summed E-state index contributed by atoms with van der Waals surface area (Å²) >= 11 is 0. The molecule has 174 valence electrons. The average Bonchev–Trinajstić information content (AvgIpc) is 3.31. The molecule has 0 aliphatic carbocycles. The number of nitrogen functional groups attached to an aromatic ring is 1. The third-order valence-corrected chi connectivity index (χ3v) is 7.89. The monoisotopic (exact) mass is 473 g/mol. The summed E-state index contributed by atoms with van der Waals surface area (Å²) in [6, 6.07) is 5.71. The Hall–Kier alpha value is -3.05. The van der Waals surface area contributed by atoms with E-state index in [1.807, 2.05) is 0 Å². The minimum atomic E-state index is -3.73. The predicted octanol–water partition coefficient (Wildman–Crippen LogP) is 1.75. The molecule has 0 radical (unpaired) electrons. The van der Waals surface area contributed by atoms with E-state index in [2.05, 4.69) is 5.10 Å². The van der Waals surface area contributed by atoms with E-state index in [0.717, 1.165) is 19.1 Å². The van der Waals surface area contributed by atoms with E-state index in [1.165, 1.54) is 22.8 Å². The second kappa shape index (κ2) is 7.77. The number of aromatic nitrogens is 3. The van der Waals surface area contributed by atoms with Gasteiger partial charge in [0.1, 0.15) is 23.1 Å². The van der Waals surface area contributed by atoms with Crippen LogP contribution < -0.4 is 5.73 Å². The molecule has 5 rings (SSSR count). The zero-order chi connectivity index (χ0) is 23.5. The summed E-state index contributed by atoms with van der Waals surface area (Å²) in [6.45, 7) is -0.541. The Labute approximate surface area is 189 Å². The Morgan fingerprint density at radius 3 is 2.42 bits per heavy atom. The lowest BCUT2D eigenvalue weighted by molar-refractivity contribution is -0.138. The predicted molar refractivity (Wildman–Crippen MR) is 119 cm³/mol. The van der Waals surface area contributed by atoms with Crippen molar-refractivity contribution in [2.45, 2.75) is 48.6 Å². The highest BCUT2D eigenvalue weighted by Gasteiger charge is 2.45. The van der Waals surface area contributed by atoms with E-state index >= 15 is 0 Å². The lowest BCUT2D eigenvalue weighted by Crippen LogP contribution is -2.47. The summed E-state index contributed by atoms with van der Waals surface area (Å²) in [4.78, 5) is 18.7. The number of nitrogens with two attached hydrogens (primary N) is 1. The molecule has 2 aromatic heterocycles. The third kappa shape index (κ3) is 3.55. The van der Waals surface area contributed by atoms with Crippen LogP contribution in [0.2, 0.25) is 0 Å². The van der Waals surface area contributed by atoms with Gasteiger partial charge < -0.3 is 15.7 Å². The summed E-state index contributed by atoms with van der Waals surface area (Å²) in [5.41, 5.74) is 8.39. The molecule has 0 spiro atoms. The Bertz CT molecular complexity index is 1340. The van der Waals surface area contributed by atoms with Gasteiger partial charge in [0.25, 0.3) is 0 Å². The van der Waals surface area contributed by atoms with Crippen LogP contribution in [0, 0.1) is 5.82 Å². The standard InChI is InChI=1S/C22H24FN5O4S/c1-33(31,32)20-19(13-8-15-6-7-16(9-13)27(15)18(30)11-29)26-22-17(10-25-28(22)21(20)24)12-2-4-14(23)5-3-12/h2-5,10,13,15-16,29H,6-9,11,24H2,1H3/t13?,15-,16+. The van der Waals surface area contributed by atoms with Gasteiger partial charge in [0.05, 0.1) is 11.9 Å². The molecule has 3 N–H and O–H groups in total. The van der Waals surface area contributed by atoms with Crippen molar-refractivity contribution < 1.29 is 22.7 Å². The van der Waals surface area contributed by atoms with E-state index in [0.29, 0.717) is 35.3 Å². The van der Waals surface area contributed by atoms with Crippen molar-refractivity contribution in [1.29, 1.82) is 0 Å². The molecule has 2 aliphatic rings. The Morgan fingerprint density at radius 1 is 1.21 bits per heavy atom. The summed E-state index contributed by atoms with van der Waals surface area (Å²) in [6.07, 6.45) is 5.30. The number of aliphatic hydroxyl groups excluding tert-OH is 1. The van der Waals surface area contributed by atoms with Crippen molar-refractivity contribution in [1.82, 2.24) is 19.5 Å². The molecule has 3 aromatic rings. The molecular formula is C22H24FN5O4S. The number of anilines is 1. The minimum absolute atomic E-state index is 0.0212. The molecule has 9 nitrogen and oxygen atoms in total. The quantitative estimate of drug-likeness (QED) is 0.590. The number of rotatable bonds is 4. The summed E-state index contributed by atoms with van der Waals surface area (Å²) in [5.74, 6) is -0.922. The van der Waals surface area contributed by atoms with Crippen molar-refractivity contribution in [3.63, 3.8) is 0 Å². The van der Waals surface area contributed by atoms with Gasteiger partial charge >= 0.3 is 0 Å². The molecule has 2 bridgehead atoms. The van der Waals surface area contributed by atoms with Gasteiger partial charge in [0, 0.05) is 29.8 Å². The van der Waals surface area contributed by atoms with Gasteiger partial charge in [-0.15, -0.1) is 0 Å². The molecule has 1 aromatic carbocycles. The molecule has 2 aliphatic heterocycles. The first-order valence-electron chi connectivity index (χ1n) is 10.7. The highest BCUT2D eigenvalue weighted by atomic mass is 32.2. The maximum atomic E-state index is 13.4. The molecule has 33 heavy (non-hydrogen) atoms. The molecule has 0 saturated carbocycles. The maximum absolute atomic E-state index is 13.4. The zero-order valence-electron chi connectivity index (χ0n) is 18.0. The maximum Gasteiger partial charge on any atom is 0.248 e. The van der Waals surface area contributed by atoms with Gasteiger partial charge in [0.15, 0.2) is 15.5 Å². The van der Waals surface area contributed by atoms with E-state index in [1.54, 1.807) is 17.0 Å². The Kier molecular flexibility index (Phi) is 5.13. The van der Waals surface area contributed by atoms with Crippen molar-refractivity contribution in [2.24, 2.45) is 0 Å². The van der Waals surface area contributed by atoms with Crippen LogP contribution in [-0.2, 0) is 14.6 Å². The van der Waals surface area contributed by atoms with Crippen molar-refractivity contribution >= 4 is 27.2 Å². The molecule has 3 atom stereocenters. The largest absolute Gasteiger partial charge is 0.387 e. The van der Waals surface area contributed by atoms with Crippen molar-refractivity contribution in [2.75, 3.05) is 18.6 Å². The van der Waals surface area contributed by atoms with Gasteiger partial charge in [-0.25, -0.2) is 17.8 Å². The fourth-order valence-corrected chi connectivity index (χ4v) is 6.46. The van der Waals surface area contributed by atoms with E-state index < -0.39 is 16.4 Å². The van der Waals surface area contributed by atoms with Gasteiger partial charge in [-0.1, -0.05) is 12.1 Å². The summed E-state index contributed by atoms with van der Waals surface area (Å²) < 4.78 is 40.3. The average molecular weight is 474 g/mol. The van der Waals surface area contributed by atoms with E-state index in [-0.39, 0.29) is 40.4 Å². The smallest absolute Gasteiger partial charge is 0.248 e. The normalized spacial score (nSPS) is 22.8. The van der Waals surface area contributed by atoms with Gasteiger partial charge in [0.2, 0.25) is 5.91 Å². The number of halogens is 1. The number of benzene rings is 1. The van der Waals surface area contributed by atoms with Crippen LogP contribution in [0.25, 0.3) is 16.8 Å². The van der Waals surface area contributed by atoms with Crippen molar-refractivity contribution in [3.8, 4) is 11.1 Å². The molecule has 2 fully saturated rings. The number of hydrogen-bond acceptors (Lipinski definition) is 7. The fourth-order valence-electron chi connectivity index (χ4n) is 5.40. The van der Waals surface area contributed by atoms with Crippen molar-refractivity contribution in [3.05, 3.63) is 42.0 Å². The number of sulfone groups is 1. The first kappa shape index (κ1) is 21.8. The van der Waals surface area contributed by atoms with Crippen LogP contribution in [0.4, 0.5) is 10.2 Å². The molecule has 2 saturated heterocycles. The van der Waals surface area contributed by atoms with Crippen LogP contribution in [0.1, 0.15) is 37.3 Å². The Morgan fingerprint density at radius 2 is 1.85 bits per heavy atom. The first-order valence-corrected chi connectivity index (χ1v) is 12.6. The second-order valence-corrected chi connectivity index (χ2v) is 10.7. The first-order chi connectivity index (χ1) is 15.7. The number of carbonyl (C=O) groups excluding carboxylic acids is 1. The van der Waals surface area contributed by atoms with E-state index in [9.17, 15) is 22.7 Å².